The van der Waals surface area contributed by atoms with E-state index in [1.54, 1.807) is 19.1 Å². The zero-order chi connectivity index (χ0) is 26.4. The highest BCUT2D eigenvalue weighted by Crippen LogP contribution is 2.52. The molecule has 0 fully saturated rings. The number of phenolic OH excluding ortho intramolecular Hbond substituents is 7. The molecular weight excluding hydrogens is 460 g/mol. The first-order valence-electron chi connectivity index (χ1n) is 11.3. The van der Waals surface area contributed by atoms with Crippen LogP contribution in [0.5, 0.6) is 40.2 Å². The molecule has 0 aliphatic heterocycles. The monoisotopic (exact) mass is 488 g/mol. The molecule has 0 atom stereocenters. The van der Waals surface area contributed by atoms with Gasteiger partial charge in [0.15, 0.2) is 23.0 Å². The first-order chi connectivity index (χ1) is 16.9. The van der Waals surface area contributed by atoms with Crippen LogP contribution in [0.2, 0.25) is 0 Å². The number of hydrogen-bond donors (Lipinski definition) is 7. The summed E-state index contributed by atoms with van der Waals surface area (Å²) in [4.78, 5) is 0. The Morgan fingerprint density at radius 2 is 0.778 bits per heavy atom. The molecular formula is C29H28O7. The van der Waals surface area contributed by atoms with Crippen LogP contribution in [-0.4, -0.2) is 35.7 Å². The quantitative estimate of drug-likeness (QED) is 0.149. The molecule has 0 aromatic heterocycles. The van der Waals surface area contributed by atoms with Crippen molar-refractivity contribution < 1.29 is 35.7 Å². The molecule has 0 radical (unpaired) electrons. The molecule has 4 aromatic rings. The van der Waals surface area contributed by atoms with Crippen molar-refractivity contribution in [1.29, 1.82) is 0 Å². The minimum atomic E-state index is -1.33. The first kappa shape index (κ1) is 24.6. The second-order valence-electron chi connectivity index (χ2n) is 9.53. The fourth-order valence-electron chi connectivity index (χ4n) is 4.67. The number of aromatic hydroxyl groups is 7. The lowest BCUT2D eigenvalue weighted by molar-refractivity contribution is 0.355. The van der Waals surface area contributed by atoms with Gasteiger partial charge in [-0.05, 0) is 47.9 Å². The van der Waals surface area contributed by atoms with Gasteiger partial charge in [-0.2, -0.15) is 0 Å². The normalized spacial score (nSPS) is 12.0. The van der Waals surface area contributed by atoms with Crippen molar-refractivity contribution in [1.82, 2.24) is 0 Å². The van der Waals surface area contributed by atoms with Gasteiger partial charge < -0.3 is 35.7 Å². The lowest BCUT2D eigenvalue weighted by Gasteiger charge is -2.34. The Bertz CT molecular complexity index is 1360. The Hall–Kier alpha value is -4.52. The van der Waals surface area contributed by atoms with Crippen molar-refractivity contribution in [2.45, 2.75) is 31.6 Å². The summed E-state index contributed by atoms with van der Waals surface area (Å²) in [6.45, 7) is 5.77. The lowest BCUT2D eigenvalue weighted by atomic mass is 9.69. The van der Waals surface area contributed by atoms with Crippen LogP contribution in [0, 0.1) is 0 Å². The van der Waals surface area contributed by atoms with E-state index in [0.29, 0.717) is 5.56 Å². The number of rotatable bonds is 5. The first-order valence-corrected chi connectivity index (χ1v) is 11.3. The van der Waals surface area contributed by atoms with E-state index in [4.69, 9.17) is 0 Å². The smallest absolute Gasteiger partial charge is 0.200 e. The van der Waals surface area contributed by atoms with Gasteiger partial charge in [-0.3, -0.25) is 0 Å². The van der Waals surface area contributed by atoms with Crippen LogP contribution in [-0.2, 0) is 10.8 Å². The maximum Gasteiger partial charge on any atom is 0.200 e. The average molecular weight is 489 g/mol. The van der Waals surface area contributed by atoms with Gasteiger partial charge in [0.25, 0.3) is 0 Å². The molecule has 0 spiro atoms. The SMILES string of the molecule is CC(C)(c1ccc(O)cc1)c1ccc(C(C)(c2ccc(O)c(O)c2O)c2ccc(O)c(O)c2O)cc1. The highest BCUT2D eigenvalue weighted by Gasteiger charge is 2.38. The van der Waals surface area contributed by atoms with E-state index in [0.717, 1.165) is 11.1 Å². The Morgan fingerprint density at radius 1 is 0.417 bits per heavy atom. The van der Waals surface area contributed by atoms with Crippen molar-refractivity contribution in [3.05, 3.63) is 101 Å². The topological polar surface area (TPSA) is 142 Å². The Labute approximate surface area is 208 Å². The number of hydrogen-bond acceptors (Lipinski definition) is 7. The molecule has 0 unspecified atom stereocenters. The molecule has 0 bridgehead atoms. The number of phenols is 7. The summed E-state index contributed by atoms with van der Waals surface area (Å²) in [5.74, 6) is -3.45. The molecule has 0 amide bonds. The highest BCUT2D eigenvalue weighted by atomic mass is 16.3. The van der Waals surface area contributed by atoms with Crippen molar-refractivity contribution in [3.8, 4) is 40.2 Å². The maximum atomic E-state index is 10.8. The molecule has 7 heteroatoms. The molecule has 0 heterocycles. The molecule has 0 saturated heterocycles. The minimum Gasteiger partial charge on any atom is -0.508 e. The largest absolute Gasteiger partial charge is 0.508 e. The maximum absolute atomic E-state index is 10.8. The predicted molar refractivity (Wildman–Crippen MR) is 135 cm³/mol. The second kappa shape index (κ2) is 8.61. The van der Waals surface area contributed by atoms with Crippen molar-refractivity contribution in [3.63, 3.8) is 0 Å². The zero-order valence-electron chi connectivity index (χ0n) is 20.1. The van der Waals surface area contributed by atoms with Crippen LogP contribution in [0.15, 0.2) is 72.8 Å². The van der Waals surface area contributed by atoms with Crippen LogP contribution in [0.1, 0.15) is 48.6 Å². The van der Waals surface area contributed by atoms with E-state index in [-0.39, 0.29) is 16.9 Å². The van der Waals surface area contributed by atoms with Gasteiger partial charge in [-0.25, -0.2) is 0 Å². The summed E-state index contributed by atoms with van der Waals surface area (Å²) in [6.07, 6.45) is 0. The molecule has 7 nitrogen and oxygen atoms in total. The second-order valence-corrected chi connectivity index (χ2v) is 9.53. The van der Waals surface area contributed by atoms with Crippen LogP contribution in [0.25, 0.3) is 0 Å². The fourth-order valence-corrected chi connectivity index (χ4v) is 4.67. The molecule has 36 heavy (non-hydrogen) atoms. The summed E-state index contributed by atoms with van der Waals surface area (Å²) >= 11 is 0. The average Bonchev–Trinajstić information content (AvgIpc) is 2.86. The Kier molecular flexibility index (Phi) is 5.88. The Balaban J connectivity index is 1.92. The van der Waals surface area contributed by atoms with Gasteiger partial charge in [0.1, 0.15) is 5.75 Å². The summed E-state index contributed by atoms with van der Waals surface area (Å²) in [6, 6.07) is 19.7. The van der Waals surface area contributed by atoms with Crippen LogP contribution in [0.4, 0.5) is 0 Å². The standard InChI is InChI=1S/C29H28O7/c1-28(2,17-8-10-19(30)11-9-17)16-4-6-18(7-5-16)29(3,20-12-14-22(31)26(35)24(20)33)21-13-15-23(32)27(36)25(21)34/h4-15,30-36H,1-3H3. The third-order valence-electron chi connectivity index (χ3n) is 7.11. The molecule has 4 rings (SSSR count). The highest BCUT2D eigenvalue weighted by molar-refractivity contribution is 5.66. The van der Waals surface area contributed by atoms with E-state index >= 15 is 0 Å². The lowest BCUT2D eigenvalue weighted by Crippen LogP contribution is -2.26. The van der Waals surface area contributed by atoms with Crippen LogP contribution >= 0.6 is 0 Å². The molecule has 186 valence electrons. The summed E-state index contributed by atoms with van der Waals surface area (Å²) in [7, 11) is 0. The predicted octanol–water partition coefficient (Wildman–Crippen LogP) is 5.31. The fraction of sp³-hybridized carbons (Fsp3) is 0.172. The molecule has 7 N–H and O–H groups in total. The van der Waals surface area contributed by atoms with Crippen molar-refractivity contribution >= 4 is 0 Å². The molecule has 0 aliphatic carbocycles. The van der Waals surface area contributed by atoms with E-state index in [1.807, 2.05) is 50.2 Å². The van der Waals surface area contributed by atoms with Crippen LogP contribution < -0.4 is 0 Å². The van der Waals surface area contributed by atoms with Gasteiger partial charge in [0.2, 0.25) is 11.5 Å². The molecule has 0 aliphatic rings. The van der Waals surface area contributed by atoms with Gasteiger partial charge in [-0.1, -0.05) is 62.4 Å². The third-order valence-corrected chi connectivity index (χ3v) is 7.11. The van der Waals surface area contributed by atoms with E-state index in [9.17, 15) is 35.7 Å². The van der Waals surface area contributed by atoms with Gasteiger partial charge in [0.05, 0.1) is 0 Å². The minimum absolute atomic E-state index is 0.156. The molecule has 0 saturated carbocycles. The third kappa shape index (κ3) is 3.79. The summed E-state index contributed by atoms with van der Waals surface area (Å²) in [5.41, 5.74) is 1.10. The molecule has 4 aromatic carbocycles. The van der Waals surface area contributed by atoms with Gasteiger partial charge in [0, 0.05) is 22.0 Å². The van der Waals surface area contributed by atoms with Crippen molar-refractivity contribution in [2.24, 2.45) is 0 Å². The summed E-state index contributed by atoms with van der Waals surface area (Å²) < 4.78 is 0. The van der Waals surface area contributed by atoms with E-state index in [1.165, 1.54) is 24.3 Å². The van der Waals surface area contributed by atoms with Gasteiger partial charge >= 0.3 is 0 Å². The van der Waals surface area contributed by atoms with Crippen molar-refractivity contribution in [2.75, 3.05) is 0 Å². The van der Waals surface area contributed by atoms with Gasteiger partial charge in [-0.15, -0.1) is 0 Å². The summed E-state index contributed by atoms with van der Waals surface area (Å²) in [5, 5.41) is 71.4. The van der Waals surface area contributed by atoms with E-state index in [2.05, 4.69) is 0 Å². The zero-order valence-corrected chi connectivity index (χ0v) is 20.1. The van der Waals surface area contributed by atoms with Crippen LogP contribution in [0.3, 0.4) is 0 Å². The Morgan fingerprint density at radius 3 is 1.19 bits per heavy atom. The number of benzene rings is 4. The van der Waals surface area contributed by atoms with E-state index < -0.39 is 45.3 Å².